The van der Waals surface area contributed by atoms with Crippen molar-refractivity contribution in [3.05, 3.63) is 0 Å². The molecular weight excluding hydrogens is 210 g/mol. The van der Waals surface area contributed by atoms with Gasteiger partial charge in [0.25, 0.3) is 0 Å². The molecule has 0 bridgehead atoms. The van der Waals surface area contributed by atoms with Crippen molar-refractivity contribution in [3.63, 3.8) is 0 Å². The molecule has 2 nitrogen and oxygen atoms in total. The predicted molar refractivity (Wildman–Crippen MR) is 67.1 cm³/mol. The van der Waals surface area contributed by atoms with E-state index in [1.807, 2.05) is 0 Å². The third-order valence-electron chi connectivity index (χ3n) is 4.94. The maximum absolute atomic E-state index is 12.3. The van der Waals surface area contributed by atoms with Gasteiger partial charge in [0.15, 0.2) is 0 Å². The van der Waals surface area contributed by atoms with E-state index < -0.39 is 5.41 Å². The molecule has 2 fully saturated rings. The standard InChI is InChI=1S/C15H23NO/c1-13(2,3)15(9-16)7-10-6-14(4,5)8-11(17)12(10)15/h10,12H,6-8H2,1-5H3/t10-,12+,15+/m1/s1. The first kappa shape index (κ1) is 12.6. The maximum atomic E-state index is 12.3. The lowest BCUT2D eigenvalue weighted by Gasteiger charge is -2.60. The van der Waals surface area contributed by atoms with Crippen molar-refractivity contribution in [1.82, 2.24) is 0 Å². The number of Topliss-reactive ketones (excluding diaryl/α,β-unsaturated/α-hetero) is 1. The number of nitriles is 1. The molecule has 0 heterocycles. The molecule has 0 aromatic carbocycles. The summed E-state index contributed by atoms with van der Waals surface area (Å²) in [4.78, 5) is 12.3. The lowest BCUT2D eigenvalue weighted by atomic mass is 9.40. The first-order valence-electron chi connectivity index (χ1n) is 6.57. The minimum absolute atomic E-state index is 0.000486. The summed E-state index contributed by atoms with van der Waals surface area (Å²) in [6, 6.07) is 2.49. The van der Waals surface area contributed by atoms with Crippen LogP contribution < -0.4 is 0 Å². The smallest absolute Gasteiger partial charge is 0.138 e. The van der Waals surface area contributed by atoms with Gasteiger partial charge in [-0.3, -0.25) is 4.79 Å². The molecule has 0 aromatic rings. The zero-order valence-electron chi connectivity index (χ0n) is 11.6. The van der Waals surface area contributed by atoms with Gasteiger partial charge in [-0.25, -0.2) is 0 Å². The Morgan fingerprint density at radius 3 is 2.29 bits per heavy atom. The molecule has 0 unspecified atom stereocenters. The molecular formula is C15H23NO. The number of rotatable bonds is 0. The highest BCUT2D eigenvalue weighted by molar-refractivity contribution is 5.85. The van der Waals surface area contributed by atoms with Gasteiger partial charge >= 0.3 is 0 Å². The molecule has 2 heteroatoms. The van der Waals surface area contributed by atoms with E-state index in [4.69, 9.17) is 0 Å². The van der Waals surface area contributed by atoms with Crippen molar-refractivity contribution in [1.29, 1.82) is 5.26 Å². The van der Waals surface area contributed by atoms with Crippen LogP contribution >= 0.6 is 0 Å². The molecule has 3 atom stereocenters. The highest BCUT2D eigenvalue weighted by atomic mass is 16.1. The fourth-order valence-electron chi connectivity index (χ4n) is 4.05. The van der Waals surface area contributed by atoms with Gasteiger partial charge in [-0.1, -0.05) is 34.6 Å². The largest absolute Gasteiger partial charge is 0.299 e. The Morgan fingerprint density at radius 1 is 1.29 bits per heavy atom. The quantitative estimate of drug-likeness (QED) is 0.641. The number of ketones is 1. The highest BCUT2D eigenvalue weighted by Gasteiger charge is 2.65. The third-order valence-corrected chi connectivity index (χ3v) is 4.94. The lowest BCUT2D eigenvalue weighted by molar-refractivity contribution is -0.161. The number of carbonyl (C=O) groups is 1. The Hall–Kier alpha value is -0.840. The van der Waals surface area contributed by atoms with E-state index in [9.17, 15) is 10.1 Å². The first-order valence-corrected chi connectivity index (χ1v) is 6.57. The topological polar surface area (TPSA) is 40.9 Å². The average Bonchev–Trinajstić information content (AvgIpc) is 2.05. The summed E-state index contributed by atoms with van der Waals surface area (Å²) in [5, 5.41) is 9.56. The molecule has 0 spiro atoms. The van der Waals surface area contributed by atoms with Gasteiger partial charge < -0.3 is 0 Å². The second kappa shape index (κ2) is 3.34. The van der Waals surface area contributed by atoms with Crippen molar-refractivity contribution in [2.75, 3.05) is 0 Å². The van der Waals surface area contributed by atoms with Crippen LogP contribution in [0.5, 0.6) is 0 Å². The van der Waals surface area contributed by atoms with E-state index in [1.165, 1.54) is 0 Å². The second-order valence-corrected chi connectivity index (χ2v) is 7.79. The number of hydrogen-bond donors (Lipinski definition) is 0. The van der Waals surface area contributed by atoms with Gasteiger partial charge in [-0.15, -0.1) is 0 Å². The summed E-state index contributed by atoms with van der Waals surface area (Å²) < 4.78 is 0. The second-order valence-electron chi connectivity index (χ2n) is 7.79. The van der Waals surface area contributed by atoms with Crippen LogP contribution in [0.1, 0.15) is 53.9 Å². The van der Waals surface area contributed by atoms with Crippen molar-refractivity contribution < 1.29 is 4.79 Å². The lowest BCUT2D eigenvalue weighted by Crippen LogP contribution is -2.61. The monoisotopic (exact) mass is 233 g/mol. The molecule has 0 N–H and O–H groups in total. The molecule has 0 aliphatic heterocycles. The van der Waals surface area contributed by atoms with Crippen LogP contribution in [0.3, 0.4) is 0 Å². The molecule has 0 radical (unpaired) electrons. The average molecular weight is 233 g/mol. The van der Waals surface area contributed by atoms with Crippen molar-refractivity contribution in [3.8, 4) is 6.07 Å². The summed E-state index contributed by atoms with van der Waals surface area (Å²) >= 11 is 0. The van der Waals surface area contributed by atoms with Crippen LogP contribution in [0, 0.1) is 39.4 Å². The van der Waals surface area contributed by atoms with Crippen molar-refractivity contribution >= 4 is 5.78 Å². The SMILES string of the molecule is CC1(C)CC(=O)[C@@H]2[C@H](C1)C[C@@]2(C#N)C(C)(C)C. The van der Waals surface area contributed by atoms with E-state index in [0.29, 0.717) is 18.1 Å². The van der Waals surface area contributed by atoms with Crippen LogP contribution in [0.15, 0.2) is 0 Å². The maximum Gasteiger partial charge on any atom is 0.138 e. The van der Waals surface area contributed by atoms with Crippen LogP contribution in [0.25, 0.3) is 0 Å². The fraction of sp³-hybridized carbons (Fsp3) is 0.867. The zero-order valence-corrected chi connectivity index (χ0v) is 11.6. The summed E-state index contributed by atoms with van der Waals surface area (Å²) in [7, 11) is 0. The van der Waals surface area contributed by atoms with Crippen LogP contribution in [-0.2, 0) is 4.79 Å². The van der Waals surface area contributed by atoms with Crippen LogP contribution in [0.2, 0.25) is 0 Å². The molecule has 2 saturated carbocycles. The molecule has 2 aliphatic rings. The minimum Gasteiger partial charge on any atom is -0.299 e. The van der Waals surface area contributed by atoms with Gasteiger partial charge in [0.05, 0.1) is 11.5 Å². The Bertz CT molecular complexity index is 396. The van der Waals surface area contributed by atoms with Crippen molar-refractivity contribution in [2.45, 2.75) is 53.9 Å². The first-order chi connectivity index (χ1) is 7.63. The van der Waals surface area contributed by atoms with E-state index in [-0.39, 0.29) is 16.7 Å². The fourth-order valence-corrected chi connectivity index (χ4v) is 4.05. The molecule has 17 heavy (non-hydrogen) atoms. The van der Waals surface area contributed by atoms with E-state index >= 15 is 0 Å². The molecule has 0 aromatic heterocycles. The number of hydrogen-bond acceptors (Lipinski definition) is 2. The third kappa shape index (κ3) is 1.63. The van der Waals surface area contributed by atoms with E-state index in [1.54, 1.807) is 0 Å². The molecule has 2 rings (SSSR count). The van der Waals surface area contributed by atoms with Gasteiger partial charge in [0.1, 0.15) is 5.78 Å². The Balaban J connectivity index is 2.31. The molecule has 0 amide bonds. The van der Waals surface area contributed by atoms with Gasteiger partial charge in [0.2, 0.25) is 0 Å². The highest BCUT2D eigenvalue weighted by Crippen LogP contribution is 2.65. The van der Waals surface area contributed by atoms with E-state index in [2.05, 4.69) is 40.7 Å². The van der Waals surface area contributed by atoms with Gasteiger partial charge in [-0.05, 0) is 29.6 Å². The predicted octanol–water partition coefficient (Wildman–Crippen LogP) is 3.57. The summed E-state index contributed by atoms with van der Waals surface area (Å²) in [6.07, 6.45) is 2.66. The molecule has 2 aliphatic carbocycles. The summed E-state index contributed by atoms with van der Waals surface area (Å²) in [5.74, 6) is 0.777. The number of nitrogens with zero attached hydrogens (tertiary/aromatic N) is 1. The van der Waals surface area contributed by atoms with Gasteiger partial charge in [-0.2, -0.15) is 5.26 Å². The normalized spacial score (nSPS) is 40.1. The Morgan fingerprint density at radius 2 is 1.88 bits per heavy atom. The van der Waals surface area contributed by atoms with Crippen molar-refractivity contribution in [2.24, 2.45) is 28.1 Å². The summed E-state index contributed by atoms with van der Waals surface area (Å²) in [6.45, 7) is 10.6. The number of fused-ring (bicyclic) bond motifs is 1. The molecule has 94 valence electrons. The number of carbonyl (C=O) groups excluding carboxylic acids is 1. The van der Waals surface area contributed by atoms with Crippen LogP contribution in [0.4, 0.5) is 0 Å². The molecule has 0 saturated heterocycles. The Labute approximate surface area is 104 Å². The van der Waals surface area contributed by atoms with Gasteiger partial charge in [0, 0.05) is 12.3 Å². The zero-order chi connectivity index (χ0) is 13.1. The summed E-state index contributed by atoms with van der Waals surface area (Å²) in [5.41, 5.74) is -0.372. The van der Waals surface area contributed by atoms with E-state index in [0.717, 1.165) is 12.8 Å². The Kier molecular flexibility index (Phi) is 2.48. The van der Waals surface area contributed by atoms with Crippen LogP contribution in [-0.4, -0.2) is 5.78 Å². The minimum atomic E-state index is -0.411.